The molecule has 0 amide bonds. The van der Waals surface area contributed by atoms with E-state index in [4.69, 9.17) is 0 Å². The summed E-state index contributed by atoms with van der Waals surface area (Å²) >= 11 is -2.39. The molecular formula is C2HN2O3S-. The van der Waals surface area contributed by atoms with Crippen molar-refractivity contribution in [3.63, 3.8) is 0 Å². The number of nitrogens with zero attached hydrogens (tertiary/aromatic N) is 2. The van der Waals surface area contributed by atoms with Gasteiger partial charge >= 0.3 is 0 Å². The lowest BCUT2D eigenvalue weighted by molar-refractivity contribution is 0.416. The van der Waals surface area contributed by atoms with E-state index < -0.39 is 11.1 Å². The first-order chi connectivity index (χ1) is 3.80. The number of hydrogen-bond acceptors (Lipinski definition) is 5. The van der Waals surface area contributed by atoms with Gasteiger partial charge in [0.2, 0.25) is 6.39 Å². The molecule has 0 aliphatic rings. The van der Waals surface area contributed by atoms with Crippen LogP contribution in [0.15, 0.2) is 16.0 Å². The minimum absolute atomic E-state index is 0.384. The molecular weight excluding hydrogens is 132 g/mol. The third kappa shape index (κ3) is 0.903. The van der Waals surface area contributed by atoms with Crippen molar-refractivity contribution in [3.05, 3.63) is 6.39 Å². The highest BCUT2D eigenvalue weighted by Gasteiger charge is 1.93. The Hall–Kier alpha value is -0.750. The molecule has 1 aromatic rings. The molecule has 5 nitrogen and oxygen atoms in total. The van der Waals surface area contributed by atoms with Crippen LogP contribution >= 0.6 is 0 Å². The fourth-order valence-corrected chi connectivity index (χ4v) is 0.471. The zero-order chi connectivity index (χ0) is 5.98. The lowest BCUT2D eigenvalue weighted by Gasteiger charge is -1.92. The highest BCUT2D eigenvalue weighted by molar-refractivity contribution is 7.78. The molecule has 0 aromatic carbocycles. The molecule has 0 spiro atoms. The predicted molar refractivity (Wildman–Crippen MR) is 21.5 cm³/mol. The van der Waals surface area contributed by atoms with Gasteiger partial charge in [0.15, 0.2) is 0 Å². The van der Waals surface area contributed by atoms with Crippen LogP contribution in [0.3, 0.4) is 0 Å². The first-order valence-corrected chi connectivity index (χ1v) is 2.73. The molecule has 0 bridgehead atoms. The highest BCUT2D eigenvalue weighted by atomic mass is 32.2. The van der Waals surface area contributed by atoms with Gasteiger partial charge in [-0.25, -0.2) is 0 Å². The summed E-state index contributed by atoms with van der Waals surface area (Å²) in [5, 5.41) is 5.84. The van der Waals surface area contributed by atoms with Crippen LogP contribution in [0.2, 0.25) is 0 Å². The average molecular weight is 133 g/mol. The second-order valence-corrected chi connectivity index (χ2v) is 1.76. The fraction of sp³-hybridized carbons (Fsp3) is 0. The smallest absolute Gasteiger partial charge is 0.293 e. The van der Waals surface area contributed by atoms with Crippen LogP contribution in [0, 0.1) is 0 Å². The summed E-state index contributed by atoms with van der Waals surface area (Å²) in [5.74, 6) is 0. The average Bonchev–Trinajstić information content (AvgIpc) is 2.12. The first-order valence-electron chi connectivity index (χ1n) is 1.66. The van der Waals surface area contributed by atoms with Crippen LogP contribution in [0.4, 0.5) is 0 Å². The van der Waals surface area contributed by atoms with E-state index in [1.165, 1.54) is 0 Å². The van der Waals surface area contributed by atoms with Crippen molar-refractivity contribution in [3.8, 4) is 0 Å². The monoisotopic (exact) mass is 133 g/mol. The quantitative estimate of drug-likeness (QED) is 0.473. The van der Waals surface area contributed by atoms with Crippen molar-refractivity contribution >= 4 is 11.1 Å². The van der Waals surface area contributed by atoms with Crippen molar-refractivity contribution < 1.29 is 13.2 Å². The van der Waals surface area contributed by atoms with Crippen molar-refractivity contribution in [1.29, 1.82) is 0 Å². The van der Waals surface area contributed by atoms with E-state index in [0.717, 1.165) is 6.39 Å². The van der Waals surface area contributed by atoms with Crippen molar-refractivity contribution in [2.45, 2.75) is 5.22 Å². The van der Waals surface area contributed by atoms with E-state index in [0.29, 0.717) is 0 Å². The zero-order valence-corrected chi connectivity index (χ0v) is 4.42. The molecule has 1 rings (SSSR count). The molecule has 1 heterocycles. The first kappa shape index (κ1) is 5.39. The van der Waals surface area contributed by atoms with E-state index in [-0.39, 0.29) is 5.22 Å². The third-order valence-corrected chi connectivity index (χ3v) is 0.946. The van der Waals surface area contributed by atoms with Gasteiger partial charge in [0.1, 0.15) is 0 Å². The van der Waals surface area contributed by atoms with Crippen LogP contribution in [-0.2, 0) is 11.1 Å². The Kier molecular flexibility index (Phi) is 1.36. The second kappa shape index (κ2) is 2.01. The molecule has 0 radical (unpaired) electrons. The molecule has 1 aromatic heterocycles. The van der Waals surface area contributed by atoms with E-state index in [1.807, 2.05) is 0 Å². The molecule has 0 aliphatic carbocycles. The zero-order valence-electron chi connectivity index (χ0n) is 3.60. The number of aromatic nitrogens is 2. The molecule has 1 atom stereocenters. The Morgan fingerprint density at radius 3 is 2.88 bits per heavy atom. The van der Waals surface area contributed by atoms with Crippen LogP contribution in [-0.4, -0.2) is 19.0 Å². The largest absolute Gasteiger partial charge is 0.765 e. The summed E-state index contributed by atoms with van der Waals surface area (Å²) < 4.78 is 24.0. The van der Waals surface area contributed by atoms with Gasteiger partial charge in [0, 0.05) is 11.1 Å². The molecule has 1 unspecified atom stereocenters. The van der Waals surface area contributed by atoms with E-state index in [9.17, 15) is 8.76 Å². The second-order valence-electron chi connectivity index (χ2n) is 0.939. The van der Waals surface area contributed by atoms with Gasteiger partial charge in [0.05, 0.1) is 0 Å². The maximum atomic E-state index is 9.87. The van der Waals surface area contributed by atoms with E-state index >= 15 is 0 Å². The summed E-state index contributed by atoms with van der Waals surface area (Å²) in [7, 11) is 0. The van der Waals surface area contributed by atoms with Gasteiger partial charge in [-0.15, -0.1) is 10.2 Å². The summed E-state index contributed by atoms with van der Waals surface area (Å²) in [6.45, 7) is 0. The topological polar surface area (TPSA) is 79.0 Å². The maximum absolute atomic E-state index is 9.87. The minimum Gasteiger partial charge on any atom is -0.765 e. The predicted octanol–water partition coefficient (Wildman–Crippen LogP) is -0.692. The molecule has 44 valence electrons. The summed E-state index contributed by atoms with van der Waals surface area (Å²) in [5.41, 5.74) is 0. The lowest BCUT2D eigenvalue weighted by Crippen LogP contribution is -1.87. The van der Waals surface area contributed by atoms with Crippen molar-refractivity contribution in [2.75, 3.05) is 0 Å². The Morgan fingerprint density at radius 2 is 2.62 bits per heavy atom. The molecule has 6 heteroatoms. The van der Waals surface area contributed by atoms with Crippen LogP contribution < -0.4 is 0 Å². The Balaban J connectivity index is 2.93. The normalized spacial score (nSPS) is 13.6. The van der Waals surface area contributed by atoms with Crippen LogP contribution in [0.25, 0.3) is 0 Å². The number of rotatable bonds is 1. The van der Waals surface area contributed by atoms with Gasteiger partial charge in [-0.2, -0.15) is 0 Å². The SMILES string of the molecule is O=S([O-])c1nnco1. The maximum Gasteiger partial charge on any atom is 0.293 e. The van der Waals surface area contributed by atoms with E-state index in [2.05, 4.69) is 14.6 Å². The third-order valence-electron chi connectivity index (χ3n) is 0.483. The Morgan fingerprint density at radius 1 is 1.88 bits per heavy atom. The van der Waals surface area contributed by atoms with Crippen molar-refractivity contribution in [2.24, 2.45) is 0 Å². The molecule has 0 saturated carbocycles. The fourth-order valence-electron chi connectivity index (χ4n) is 0.236. The van der Waals surface area contributed by atoms with Gasteiger partial charge in [-0.05, 0) is 0 Å². The molecule has 0 aliphatic heterocycles. The lowest BCUT2D eigenvalue weighted by atomic mass is 11.5. The highest BCUT2D eigenvalue weighted by Crippen LogP contribution is 1.93. The minimum atomic E-state index is -2.39. The van der Waals surface area contributed by atoms with Crippen molar-refractivity contribution in [1.82, 2.24) is 10.2 Å². The van der Waals surface area contributed by atoms with E-state index in [1.54, 1.807) is 0 Å². The molecule has 0 saturated heterocycles. The van der Waals surface area contributed by atoms with Gasteiger partial charge < -0.3 is 8.97 Å². The van der Waals surface area contributed by atoms with Gasteiger partial charge in [-0.1, -0.05) is 0 Å². The van der Waals surface area contributed by atoms with Gasteiger partial charge in [0.25, 0.3) is 5.22 Å². The molecule has 8 heavy (non-hydrogen) atoms. The molecule has 0 fully saturated rings. The van der Waals surface area contributed by atoms with Crippen LogP contribution in [0.1, 0.15) is 0 Å². The van der Waals surface area contributed by atoms with Crippen LogP contribution in [0.5, 0.6) is 0 Å². The summed E-state index contributed by atoms with van der Waals surface area (Å²) in [6, 6.07) is 0. The Bertz CT molecular complexity index is 183. The number of hydrogen-bond donors (Lipinski definition) is 0. The Labute approximate surface area is 47.0 Å². The summed E-state index contributed by atoms with van der Waals surface area (Å²) in [6.07, 6.45) is 0.950. The molecule has 0 N–H and O–H groups in total. The van der Waals surface area contributed by atoms with Gasteiger partial charge in [-0.3, -0.25) is 4.21 Å². The standard InChI is InChI=1S/C2H2N2O3S/c5-8(6)2-4-3-1-7-2/h1H,(H,5,6)/p-1. The summed E-state index contributed by atoms with van der Waals surface area (Å²) in [4.78, 5) is 0.